The van der Waals surface area contributed by atoms with Crippen LogP contribution in [0.3, 0.4) is 0 Å². The van der Waals surface area contributed by atoms with Crippen LogP contribution in [0.5, 0.6) is 0 Å². The van der Waals surface area contributed by atoms with Gasteiger partial charge < -0.3 is 15.0 Å². The number of benzene rings is 1. The van der Waals surface area contributed by atoms with Crippen LogP contribution in [0, 0.1) is 5.82 Å². The Bertz CT molecular complexity index is 675. The maximum Gasteiger partial charge on any atom is 0.342 e. The molecule has 24 heavy (non-hydrogen) atoms. The minimum atomic E-state index is -3.99. The van der Waals surface area contributed by atoms with E-state index in [-0.39, 0.29) is 6.54 Å². The summed E-state index contributed by atoms with van der Waals surface area (Å²) in [5.41, 5.74) is -0.574. The number of rotatable bonds is 7. The standard InChI is InChI=1S/C15H22FN3O4S/c1-23-15(20)14-12(16)4-2-5-13(14)24(21,22)18-6-3-9-19-10-7-17-8-11-19/h2,4-5,17-18H,3,6-11H2,1H3. The van der Waals surface area contributed by atoms with Gasteiger partial charge in [-0.1, -0.05) is 6.07 Å². The minimum Gasteiger partial charge on any atom is -0.465 e. The number of methoxy groups -OCH3 is 1. The molecule has 0 unspecified atom stereocenters. The molecule has 1 fully saturated rings. The van der Waals surface area contributed by atoms with E-state index < -0.39 is 32.3 Å². The number of nitrogens with one attached hydrogen (secondary N) is 2. The Morgan fingerprint density at radius 3 is 2.75 bits per heavy atom. The third-order valence-electron chi connectivity index (χ3n) is 3.81. The predicted molar refractivity (Wildman–Crippen MR) is 86.9 cm³/mol. The van der Waals surface area contributed by atoms with Crippen LogP contribution >= 0.6 is 0 Å². The number of carbonyl (C=O) groups is 1. The second kappa shape index (κ2) is 8.52. The van der Waals surface area contributed by atoms with Crippen molar-refractivity contribution in [2.75, 3.05) is 46.4 Å². The van der Waals surface area contributed by atoms with Crippen LogP contribution < -0.4 is 10.0 Å². The molecule has 0 bridgehead atoms. The Hall–Kier alpha value is -1.55. The van der Waals surface area contributed by atoms with E-state index in [4.69, 9.17) is 0 Å². The fourth-order valence-electron chi connectivity index (χ4n) is 2.55. The molecule has 0 aromatic heterocycles. The maximum absolute atomic E-state index is 13.8. The number of esters is 1. The van der Waals surface area contributed by atoms with Crippen LogP contribution in [-0.2, 0) is 14.8 Å². The van der Waals surface area contributed by atoms with Crippen LogP contribution in [0.1, 0.15) is 16.8 Å². The normalized spacial score (nSPS) is 16.1. The first-order valence-electron chi connectivity index (χ1n) is 7.75. The van der Waals surface area contributed by atoms with Gasteiger partial charge in [0, 0.05) is 32.7 Å². The smallest absolute Gasteiger partial charge is 0.342 e. The first-order chi connectivity index (χ1) is 11.5. The molecule has 1 saturated heterocycles. The van der Waals surface area contributed by atoms with Gasteiger partial charge in [-0.05, 0) is 25.1 Å². The average molecular weight is 359 g/mol. The number of hydrogen-bond acceptors (Lipinski definition) is 6. The summed E-state index contributed by atoms with van der Waals surface area (Å²) in [6.45, 7) is 4.71. The molecule has 1 aromatic carbocycles. The molecule has 0 amide bonds. The van der Waals surface area contributed by atoms with Crippen molar-refractivity contribution in [2.45, 2.75) is 11.3 Å². The zero-order chi connectivity index (χ0) is 17.6. The Kier molecular flexibility index (Phi) is 6.67. The number of ether oxygens (including phenoxy) is 1. The highest BCUT2D eigenvalue weighted by Gasteiger charge is 2.26. The third-order valence-corrected chi connectivity index (χ3v) is 5.31. The van der Waals surface area contributed by atoms with Crippen molar-refractivity contribution in [1.82, 2.24) is 14.9 Å². The fraction of sp³-hybridized carbons (Fsp3) is 0.533. The molecule has 2 rings (SSSR count). The quantitative estimate of drug-likeness (QED) is 0.534. The summed E-state index contributed by atoms with van der Waals surface area (Å²) < 4.78 is 45.5. The summed E-state index contributed by atoms with van der Waals surface area (Å²) in [5, 5.41) is 3.25. The van der Waals surface area contributed by atoms with E-state index in [9.17, 15) is 17.6 Å². The van der Waals surface area contributed by atoms with E-state index >= 15 is 0 Å². The highest BCUT2D eigenvalue weighted by molar-refractivity contribution is 7.89. The van der Waals surface area contributed by atoms with Crippen molar-refractivity contribution in [3.63, 3.8) is 0 Å². The van der Waals surface area contributed by atoms with Crippen molar-refractivity contribution in [1.29, 1.82) is 0 Å². The van der Waals surface area contributed by atoms with Crippen LogP contribution in [0.4, 0.5) is 4.39 Å². The second-order valence-corrected chi connectivity index (χ2v) is 7.18. The fourth-order valence-corrected chi connectivity index (χ4v) is 3.83. The van der Waals surface area contributed by atoms with Gasteiger partial charge in [-0.15, -0.1) is 0 Å². The number of nitrogens with zero attached hydrogens (tertiary/aromatic N) is 1. The predicted octanol–water partition coefficient (Wildman–Crippen LogP) is 0.186. The monoisotopic (exact) mass is 359 g/mol. The van der Waals surface area contributed by atoms with Crippen LogP contribution in [0.2, 0.25) is 0 Å². The zero-order valence-electron chi connectivity index (χ0n) is 13.5. The largest absolute Gasteiger partial charge is 0.465 e. The number of sulfonamides is 1. The molecule has 0 radical (unpaired) electrons. The van der Waals surface area contributed by atoms with E-state index in [0.717, 1.165) is 45.9 Å². The van der Waals surface area contributed by atoms with Crippen LogP contribution in [0.25, 0.3) is 0 Å². The van der Waals surface area contributed by atoms with E-state index in [0.29, 0.717) is 6.42 Å². The molecule has 7 nitrogen and oxygen atoms in total. The molecular formula is C15H22FN3O4S. The molecule has 1 aromatic rings. The van der Waals surface area contributed by atoms with Gasteiger partial charge in [-0.3, -0.25) is 0 Å². The summed E-state index contributed by atoms with van der Waals surface area (Å²) in [7, 11) is -2.92. The highest BCUT2D eigenvalue weighted by Crippen LogP contribution is 2.19. The van der Waals surface area contributed by atoms with E-state index in [1.165, 1.54) is 12.1 Å². The van der Waals surface area contributed by atoms with Crippen molar-refractivity contribution in [3.8, 4) is 0 Å². The molecule has 2 N–H and O–H groups in total. The molecule has 0 atom stereocenters. The molecule has 1 heterocycles. The highest BCUT2D eigenvalue weighted by atomic mass is 32.2. The molecule has 1 aliphatic heterocycles. The van der Waals surface area contributed by atoms with Crippen molar-refractivity contribution in [2.24, 2.45) is 0 Å². The molecule has 134 valence electrons. The van der Waals surface area contributed by atoms with E-state index in [1.807, 2.05) is 0 Å². The summed E-state index contributed by atoms with van der Waals surface area (Å²) >= 11 is 0. The van der Waals surface area contributed by atoms with Gasteiger partial charge in [-0.25, -0.2) is 22.3 Å². The Morgan fingerprint density at radius 2 is 2.08 bits per heavy atom. The zero-order valence-corrected chi connectivity index (χ0v) is 14.4. The Balaban J connectivity index is 2.00. The van der Waals surface area contributed by atoms with Gasteiger partial charge in [0.25, 0.3) is 0 Å². The SMILES string of the molecule is COC(=O)c1c(F)cccc1S(=O)(=O)NCCCN1CCNCC1. The van der Waals surface area contributed by atoms with Gasteiger partial charge in [0.1, 0.15) is 11.4 Å². The van der Waals surface area contributed by atoms with Crippen molar-refractivity contribution in [3.05, 3.63) is 29.6 Å². The summed E-state index contributed by atoms with van der Waals surface area (Å²) in [4.78, 5) is 13.5. The van der Waals surface area contributed by atoms with E-state index in [1.54, 1.807) is 0 Å². The first-order valence-corrected chi connectivity index (χ1v) is 9.23. The van der Waals surface area contributed by atoms with Gasteiger partial charge in [0.05, 0.1) is 12.0 Å². The number of carbonyl (C=O) groups excluding carboxylic acids is 1. The average Bonchev–Trinajstić information content (AvgIpc) is 2.59. The summed E-state index contributed by atoms with van der Waals surface area (Å²) in [6.07, 6.45) is 0.627. The maximum atomic E-state index is 13.8. The Labute approximate surface area is 141 Å². The lowest BCUT2D eigenvalue weighted by Gasteiger charge is -2.27. The second-order valence-electron chi connectivity index (χ2n) is 5.45. The molecule has 0 spiro atoms. The minimum absolute atomic E-state index is 0.212. The lowest BCUT2D eigenvalue weighted by atomic mass is 10.2. The molecule has 0 saturated carbocycles. The number of hydrogen-bond donors (Lipinski definition) is 2. The lowest BCUT2D eigenvalue weighted by Crippen LogP contribution is -2.44. The Morgan fingerprint density at radius 1 is 1.38 bits per heavy atom. The third kappa shape index (κ3) is 4.73. The summed E-state index contributed by atoms with van der Waals surface area (Å²) in [6, 6.07) is 3.46. The molecule has 1 aliphatic rings. The number of piperazine rings is 1. The van der Waals surface area contributed by atoms with Gasteiger partial charge in [0.15, 0.2) is 0 Å². The van der Waals surface area contributed by atoms with Crippen molar-refractivity contribution >= 4 is 16.0 Å². The first kappa shape index (κ1) is 18.8. The summed E-state index contributed by atoms with van der Waals surface area (Å²) in [5.74, 6) is -1.94. The van der Waals surface area contributed by atoms with Crippen LogP contribution in [-0.4, -0.2) is 65.7 Å². The lowest BCUT2D eigenvalue weighted by molar-refractivity contribution is 0.0590. The number of halogens is 1. The van der Waals surface area contributed by atoms with Crippen LogP contribution in [0.15, 0.2) is 23.1 Å². The molecule has 9 heteroatoms. The molecule has 0 aliphatic carbocycles. The van der Waals surface area contributed by atoms with Gasteiger partial charge in [0.2, 0.25) is 10.0 Å². The molecular weight excluding hydrogens is 337 g/mol. The van der Waals surface area contributed by atoms with Gasteiger partial charge >= 0.3 is 5.97 Å². The topological polar surface area (TPSA) is 87.7 Å². The van der Waals surface area contributed by atoms with Crippen molar-refractivity contribution < 1.29 is 22.3 Å². The van der Waals surface area contributed by atoms with E-state index in [2.05, 4.69) is 19.7 Å². The van der Waals surface area contributed by atoms with Gasteiger partial charge in [-0.2, -0.15) is 0 Å².